The minimum atomic E-state index is -0.283. The van der Waals surface area contributed by atoms with Crippen molar-refractivity contribution in [2.45, 2.75) is 32.2 Å². The van der Waals surface area contributed by atoms with Crippen molar-refractivity contribution in [1.29, 1.82) is 0 Å². The summed E-state index contributed by atoms with van der Waals surface area (Å²) in [7, 11) is 0. The Bertz CT molecular complexity index is 367. The van der Waals surface area contributed by atoms with Crippen molar-refractivity contribution in [3.05, 3.63) is 35.9 Å². The molecule has 1 rings (SSSR count). The Morgan fingerprint density at radius 3 is 2.53 bits per heavy atom. The lowest BCUT2D eigenvalue weighted by atomic mass is 10.0. The third-order valence-electron chi connectivity index (χ3n) is 3.22. The Morgan fingerprint density at radius 2 is 2.00 bits per heavy atom. The monoisotopic (exact) mass is 263 g/mol. The van der Waals surface area contributed by atoms with E-state index in [1.165, 1.54) is 5.56 Å². The third-order valence-corrected chi connectivity index (χ3v) is 3.22. The van der Waals surface area contributed by atoms with E-state index in [-0.39, 0.29) is 11.9 Å². The molecule has 1 amide bonds. The number of amides is 1. The maximum Gasteiger partial charge on any atom is 0.231 e. The first-order valence-electron chi connectivity index (χ1n) is 6.96. The van der Waals surface area contributed by atoms with Gasteiger partial charge in [0.1, 0.15) is 0 Å². The first-order valence-corrected chi connectivity index (χ1v) is 6.96. The van der Waals surface area contributed by atoms with Crippen LogP contribution in [0.1, 0.15) is 37.8 Å². The van der Waals surface area contributed by atoms with Crippen LogP contribution in [0.15, 0.2) is 30.3 Å². The van der Waals surface area contributed by atoms with Gasteiger partial charge in [-0.3, -0.25) is 9.69 Å². The van der Waals surface area contributed by atoms with Gasteiger partial charge in [-0.05, 0) is 31.5 Å². The molecule has 0 aliphatic heterocycles. The van der Waals surface area contributed by atoms with Crippen molar-refractivity contribution < 1.29 is 4.79 Å². The average Bonchev–Trinajstić information content (AvgIpc) is 2.41. The van der Waals surface area contributed by atoms with Gasteiger partial charge in [-0.25, -0.2) is 0 Å². The predicted octanol–water partition coefficient (Wildman–Crippen LogP) is 1.66. The van der Waals surface area contributed by atoms with Crippen LogP contribution in [-0.2, 0) is 4.79 Å². The van der Waals surface area contributed by atoms with Crippen molar-refractivity contribution in [3.63, 3.8) is 0 Å². The van der Waals surface area contributed by atoms with Gasteiger partial charge in [-0.1, -0.05) is 43.7 Å². The van der Waals surface area contributed by atoms with Crippen molar-refractivity contribution in [2.24, 2.45) is 11.5 Å². The van der Waals surface area contributed by atoms with Gasteiger partial charge in [-0.15, -0.1) is 0 Å². The van der Waals surface area contributed by atoms with Gasteiger partial charge >= 0.3 is 0 Å². The van der Waals surface area contributed by atoms with E-state index in [9.17, 15) is 4.79 Å². The van der Waals surface area contributed by atoms with E-state index in [1.54, 1.807) is 0 Å². The molecule has 1 aromatic rings. The average molecular weight is 263 g/mol. The number of hydrogen-bond donors (Lipinski definition) is 2. The molecule has 0 spiro atoms. The highest BCUT2D eigenvalue weighted by molar-refractivity contribution is 5.76. The first-order chi connectivity index (χ1) is 9.19. The van der Waals surface area contributed by atoms with Crippen LogP contribution in [0.3, 0.4) is 0 Å². The summed E-state index contributed by atoms with van der Waals surface area (Å²) in [5.41, 5.74) is 12.3. The fourth-order valence-corrected chi connectivity index (χ4v) is 2.30. The second-order valence-corrected chi connectivity index (χ2v) is 4.79. The standard InChI is InChI=1S/C15H25N3O/c1-2-3-11-18(12-15(17)19)14(9-10-16)13-7-5-4-6-8-13/h4-8,14H,2-3,9-12,16H2,1H3,(H2,17,19). The molecule has 4 heteroatoms. The second kappa shape index (κ2) is 8.67. The molecule has 0 saturated carbocycles. The lowest BCUT2D eigenvalue weighted by Gasteiger charge is -2.31. The molecule has 0 radical (unpaired) electrons. The highest BCUT2D eigenvalue weighted by Crippen LogP contribution is 2.23. The molecule has 0 aliphatic carbocycles. The Hall–Kier alpha value is -1.39. The number of carbonyl (C=O) groups excluding carboxylic acids is 1. The molecule has 106 valence electrons. The highest BCUT2D eigenvalue weighted by Gasteiger charge is 2.20. The molecule has 4 N–H and O–H groups in total. The van der Waals surface area contributed by atoms with E-state index in [0.717, 1.165) is 25.8 Å². The summed E-state index contributed by atoms with van der Waals surface area (Å²) >= 11 is 0. The van der Waals surface area contributed by atoms with Gasteiger partial charge in [0.05, 0.1) is 6.54 Å². The highest BCUT2D eigenvalue weighted by atomic mass is 16.1. The largest absolute Gasteiger partial charge is 0.369 e. The molecule has 0 fully saturated rings. The number of rotatable bonds is 9. The molecule has 0 aliphatic rings. The van der Waals surface area contributed by atoms with Crippen molar-refractivity contribution in [1.82, 2.24) is 4.90 Å². The van der Waals surface area contributed by atoms with E-state index in [2.05, 4.69) is 24.0 Å². The van der Waals surface area contributed by atoms with Crippen LogP contribution in [0.25, 0.3) is 0 Å². The smallest absolute Gasteiger partial charge is 0.231 e. The summed E-state index contributed by atoms with van der Waals surface area (Å²) in [4.78, 5) is 13.4. The number of unbranched alkanes of at least 4 members (excludes halogenated alkanes) is 1. The maximum atomic E-state index is 11.3. The molecule has 19 heavy (non-hydrogen) atoms. The second-order valence-electron chi connectivity index (χ2n) is 4.79. The van der Waals surface area contributed by atoms with Crippen LogP contribution in [0.4, 0.5) is 0 Å². The number of primary amides is 1. The Morgan fingerprint density at radius 1 is 1.32 bits per heavy atom. The minimum Gasteiger partial charge on any atom is -0.369 e. The lowest BCUT2D eigenvalue weighted by Crippen LogP contribution is -2.38. The maximum absolute atomic E-state index is 11.3. The summed E-state index contributed by atoms with van der Waals surface area (Å²) in [6, 6.07) is 10.4. The van der Waals surface area contributed by atoms with Gasteiger partial charge in [0.25, 0.3) is 0 Å². The molecule has 1 aromatic carbocycles. The summed E-state index contributed by atoms with van der Waals surface area (Å²) in [5.74, 6) is -0.283. The normalized spacial score (nSPS) is 12.6. The van der Waals surface area contributed by atoms with E-state index >= 15 is 0 Å². The van der Waals surface area contributed by atoms with Gasteiger partial charge in [0.15, 0.2) is 0 Å². The lowest BCUT2D eigenvalue weighted by molar-refractivity contribution is -0.119. The number of nitrogens with zero attached hydrogens (tertiary/aromatic N) is 1. The molecule has 0 heterocycles. The number of benzene rings is 1. The molecule has 0 bridgehead atoms. The van der Waals surface area contributed by atoms with Gasteiger partial charge in [-0.2, -0.15) is 0 Å². The number of nitrogens with two attached hydrogens (primary N) is 2. The van der Waals surface area contributed by atoms with E-state index in [4.69, 9.17) is 11.5 Å². The predicted molar refractivity (Wildman–Crippen MR) is 78.5 cm³/mol. The van der Waals surface area contributed by atoms with Crippen LogP contribution >= 0.6 is 0 Å². The van der Waals surface area contributed by atoms with Crippen LogP contribution in [-0.4, -0.2) is 30.4 Å². The zero-order chi connectivity index (χ0) is 14.1. The van der Waals surface area contributed by atoms with Crippen molar-refractivity contribution in [3.8, 4) is 0 Å². The summed E-state index contributed by atoms with van der Waals surface area (Å²) in [6.45, 7) is 3.91. The van der Waals surface area contributed by atoms with E-state index < -0.39 is 0 Å². The molecule has 1 atom stereocenters. The summed E-state index contributed by atoms with van der Waals surface area (Å²) < 4.78 is 0. The fraction of sp³-hybridized carbons (Fsp3) is 0.533. The topological polar surface area (TPSA) is 72.3 Å². The van der Waals surface area contributed by atoms with Crippen LogP contribution in [0, 0.1) is 0 Å². The summed E-state index contributed by atoms with van der Waals surface area (Å²) in [6.07, 6.45) is 2.99. The van der Waals surface area contributed by atoms with Gasteiger partial charge < -0.3 is 11.5 Å². The molecule has 4 nitrogen and oxygen atoms in total. The van der Waals surface area contributed by atoms with Crippen molar-refractivity contribution in [2.75, 3.05) is 19.6 Å². The van der Waals surface area contributed by atoms with Crippen LogP contribution in [0.5, 0.6) is 0 Å². The molecule has 1 unspecified atom stereocenters. The van der Waals surface area contributed by atoms with E-state index in [0.29, 0.717) is 13.1 Å². The zero-order valence-electron chi connectivity index (χ0n) is 11.7. The van der Waals surface area contributed by atoms with Gasteiger partial charge in [0, 0.05) is 6.04 Å². The summed E-state index contributed by atoms with van der Waals surface area (Å²) in [5, 5.41) is 0. The third kappa shape index (κ3) is 5.41. The Balaban J connectivity index is 2.87. The molecule has 0 aromatic heterocycles. The molecule has 0 saturated heterocycles. The zero-order valence-corrected chi connectivity index (χ0v) is 11.7. The Labute approximate surface area is 115 Å². The number of carbonyl (C=O) groups is 1. The first kappa shape index (κ1) is 15.7. The minimum absolute atomic E-state index is 0.172. The van der Waals surface area contributed by atoms with E-state index in [1.807, 2.05) is 18.2 Å². The SMILES string of the molecule is CCCCN(CC(N)=O)C(CCN)c1ccccc1. The molecular weight excluding hydrogens is 238 g/mol. The number of hydrogen-bond acceptors (Lipinski definition) is 3. The molecular formula is C15H25N3O. The quantitative estimate of drug-likeness (QED) is 0.711. The van der Waals surface area contributed by atoms with Crippen LogP contribution in [0.2, 0.25) is 0 Å². The fourth-order valence-electron chi connectivity index (χ4n) is 2.30. The van der Waals surface area contributed by atoms with Crippen LogP contribution < -0.4 is 11.5 Å². The van der Waals surface area contributed by atoms with Gasteiger partial charge in [0.2, 0.25) is 5.91 Å². The van der Waals surface area contributed by atoms with Crippen molar-refractivity contribution >= 4 is 5.91 Å². The Kier molecular flexibility index (Phi) is 7.15.